The first kappa shape index (κ1) is 18.5. The van der Waals surface area contributed by atoms with E-state index >= 15 is 0 Å². The number of fused-ring (bicyclic) bond motifs is 3. The highest BCUT2D eigenvalue weighted by atomic mass is 16.5. The van der Waals surface area contributed by atoms with E-state index in [4.69, 9.17) is 9.72 Å². The SMILES string of the molecule is COc1ccc2c(c1)nc1n2CN(N2CCC(C)CC2)CN1Cc1ccccc1. The van der Waals surface area contributed by atoms with E-state index < -0.39 is 0 Å². The highest BCUT2D eigenvalue weighted by Gasteiger charge is 2.30. The molecule has 2 aromatic carbocycles. The first-order valence-corrected chi connectivity index (χ1v) is 10.5. The molecule has 0 spiro atoms. The third-order valence-electron chi connectivity index (χ3n) is 6.23. The van der Waals surface area contributed by atoms with Crippen LogP contribution in [0.5, 0.6) is 5.75 Å². The largest absolute Gasteiger partial charge is 0.497 e. The lowest BCUT2D eigenvalue weighted by Gasteiger charge is -2.44. The summed E-state index contributed by atoms with van der Waals surface area (Å²) >= 11 is 0. The Morgan fingerprint density at radius 2 is 1.79 bits per heavy atom. The van der Waals surface area contributed by atoms with Gasteiger partial charge in [-0.25, -0.2) is 15.0 Å². The van der Waals surface area contributed by atoms with Crippen molar-refractivity contribution in [1.82, 2.24) is 19.6 Å². The maximum absolute atomic E-state index is 5.42. The standard InChI is InChI=1S/C23H29N5O/c1-18-10-12-26(13-11-18)27-16-25(15-19-6-4-3-5-7-19)23-24-21-14-20(29-2)8-9-22(21)28(23)17-27/h3-9,14,18H,10-13,15-17H2,1-2H3. The van der Waals surface area contributed by atoms with Gasteiger partial charge in [-0.3, -0.25) is 4.57 Å². The minimum atomic E-state index is 0.827. The number of ether oxygens (including phenoxy) is 1. The number of benzene rings is 2. The molecule has 6 nitrogen and oxygen atoms in total. The van der Waals surface area contributed by atoms with Crippen LogP contribution in [0.2, 0.25) is 0 Å². The highest BCUT2D eigenvalue weighted by Crippen LogP contribution is 2.31. The number of rotatable bonds is 4. The van der Waals surface area contributed by atoms with Crippen LogP contribution < -0.4 is 9.64 Å². The van der Waals surface area contributed by atoms with Crippen LogP contribution in [-0.4, -0.2) is 46.4 Å². The monoisotopic (exact) mass is 391 g/mol. The zero-order chi connectivity index (χ0) is 19.8. The van der Waals surface area contributed by atoms with E-state index in [0.29, 0.717) is 0 Å². The second-order valence-corrected chi connectivity index (χ2v) is 8.30. The van der Waals surface area contributed by atoms with Crippen molar-refractivity contribution in [2.75, 3.05) is 31.8 Å². The van der Waals surface area contributed by atoms with Gasteiger partial charge in [0.2, 0.25) is 5.95 Å². The predicted octanol–water partition coefficient (Wildman–Crippen LogP) is 3.93. The Morgan fingerprint density at radius 3 is 2.55 bits per heavy atom. The average molecular weight is 392 g/mol. The zero-order valence-corrected chi connectivity index (χ0v) is 17.3. The van der Waals surface area contributed by atoms with Crippen molar-refractivity contribution < 1.29 is 4.74 Å². The minimum absolute atomic E-state index is 0.827. The number of hydrogen-bond donors (Lipinski definition) is 0. The molecule has 1 saturated heterocycles. The summed E-state index contributed by atoms with van der Waals surface area (Å²) in [5, 5.41) is 5.03. The third kappa shape index (κ3) is 3.58. The van der Waals surface area contributed by atoms with Crippen molar-refractivity contribution in [1.29, 1.82) is 0 Å². The van der Waals surface area contributed by atoms with Crippen molar-refractivity contribution in [2.24, 2.45) is 5.92 Å². The van der Waals surface area contributed by atoms with Gasteiger partial charge >= 0.3 is 0 Å². The number of anilines is 1. The second kappa shape index (κ2) is 7.69. The third-order valence-corrected chi connectivity index (χ3v) is 6.23. The van der Waals surface area contributed by atoms with Crippen LogP contribution in [-0.2, 0) is 13.2 Å². The van der Waals surface area contributed by atoms with Crippen LogP contribution in [0.15, 0.2) is 48.5 Å². The van der Waals surface area contributed by atoms with E-state index in [1.54, 1.807) is 7.11 Å². The van der Waals surface area contributed by atoms with E-state index in [9.17, 15) is 0 Å². The van der Waals surface area contributed by atoms with Gasteiger partial charge in [0.1, 0.15) is 5.75 Å². The van der Waals surface area contributed by atoms with Gasteiger partial charge < -0.3 is 9.64 Å². The minimum Gasteiger partial charge on any atom is -0.497 e. The van der Waals surface area contributed by atoms with Gasteiger partial charge in [-0.2, -0.15) is 0 Å². The van der Waals surface area contributed by atoms with Crippen LogP contribution in [0, 0.1) is 5.92 Å². The predicted molar refractivity (Wildman–Crippen MR) is 116 cm³/mol. The molecule has 0 radical (unpaired) electrons. The molecule has 1 aromatic heterocycles. The second-order valence-electron chi connectivity index (χ2n) is 8.30. The van der Waals surface area contributed by atoms with Gasteiger partial charge in [-0.1, -0.05) is 37.3 Å². The molecule has 2 aliphatic heterocycles. The Balaban J connectivity index is 1.51. The maximum atomic E-state index is 5.42. The van der Waals surface area contributed by atoms with Gasteiger partial charge in [0, 0.05) is 25.7 Å². The summed E-state index contributed by atoms with van der Waals surface area (Å²) in [6.45, 7) is 7.19. The molecule has 0 bridgehead atoms. The Bertz CT molecular complexity index is 978. The summed E-state index contributed by atoms with van der Waals surface area (Å²) in [4.78, 5) is 7.39. The van der Waals surface area contributed by atoms with E-state index in [0.717, 1.165) is 61.6 Å². The van der Waals surface area contributed by atoms with Crippen LogP contribution in [0.4, 0.5) is 5.95 Å². The lowest BCUT2D eigenvalue weighted by atomic mass is 10.0. The van der Waals surface area contributed by atoms with Gasteiger partial charge in [0.15, 0.2) is 0 Å². The average Bonchev–Trinajstić information content (AvgIpc) is 3.13. The number of aromatic nitrogens is 2. The Hall–Kier alpha value is -2.57. The van der Waals surface area contributed by atoms with Crippen LogP contribution >= 0.6 is 0 Å². The molecule has 29 heavy (non-hydrogen) atoms. The van der Waals surface area contributed by atoms with Crippen LogP contribution in [0.1, 0.15) is 25.3 Å². The first-order valence-electron chi connectivity index (χ1n) is 10.5. The number of hydrogen-bond acceptors (Lipinski definition) is 5. The molecule has 3 heterocycles. The van der Waals surface area contributed by atoms with Gasteiger partial charge in [0.25, 0.3) is 0 Å². The highest BCUT2D eigenvalue weighted by molar-refractivity contribution is 5.80. The van der Waals surface area contributed by atoms with E-state index in [2.05, 4.69) is 62.8 Å². The van der Waals surface area contributed by atoms with Crippen molar-refractivity contribution in [3.05, 3.63) is 54.1 Å². The molecule has 6 heteroatoms. The Kier molecular flexibility index (Phi) is 4.89. The first-order chi connectivity index (χ1) is 14.2. The van der Waals surface area contributed by atoms with Crippen LogP contribution in [0.25, 0.3) is 11.0 Å². The number of imidazole rings is 1. The van der Waals surface area contributed by atoms with Crippen molar-refractivity contribution in [3.8, 4) is 5.75 Å². The molecule has 0 N–H and O–H groups in total. The summed E-state index contributed by atoms with van der Waals surface area (Å²) in [5.74, 6) is 2.72. The topological polar surface area (TPSA) is 36.8 Å². The van der Waals surface area contributed by atoms with Gasteiger partial charge in [0.05, 0.1) is 31.5 Å². The number of hydrazine groups is 1. The molecule has 5 rings (SSSR count). The molecule has 0 atom stereocenters. The summed E-state index contributed by atoms with van der Waals surface area (Å²) in [6, 6.07) is 16.9. The molecule has 3 aromatic rings. The quantitative estimate of drug-likeness (QED) is 0.674. The lowest BCUT2D eigenvalue weighted by molar-refractivity contribution is -0.0762. The summed E-state index contributed by atoms with van der Waals surface area (Å²) in [6.07, 6.45) is 2.54. The normalized spacial score (nSPS) is 18.9. The van der Waals surface area contributed by atoms with E-state index in [1.807, 2.05) is 12.1 Å². The summed E-state index contributed by atoms with van der Waals surface area (Å²) in [5.41, 5.74) is 3.46. The molecular formula is C23H29N5O. The fraction of sp³-hybridized carbons (Fsp3) is 0.435. The van der Waals surface area contributed by atoms with Crippen molar-refractivity contribution >= 4 is 17.0 Å². The van der Waals surface area contributed by atoms with E-state index in [-0.39, 0.29) is 0 Å². The Labute approximate surface area is 172 Å². The van der Waals surface area contributed by atoms with Crippen molar-refractivity contribution in [2.45, 2.75) is 33.0 Å². The van der Waals surface area contributed by atoms with Crippen LogP contribution in [0.3, 0.4) is 0 Å². The molecule has 2 aliphatic rings. The fourth-order valence-electron chi connectivity index (χ4n) is 4.45. The van der Waals surface area contributed by atoms with Gasteiger partial charge in [-0.15, -0.1) is 0 Å². The molecule has 0 amide bonds. The fourth-order valence-corrected chi connectivity index (χ4v) is 4.45. The zero-order valence-electron chi connectivity index (χ0n) is 17.3. The Morgan fingerprint density at radius 1 is 1.00 bits per heavy atom. The number of nitrogens with zero attached hydrogens (tertiary/aromatic N) is 5. The molecule has 0 aliphatic carbocycles. The summed E-state index contributed by atoms with van der Waals surface area (Å²) < 4.78 is 7.77. The maximum Gasteiger partial charge on any atom is 0.209 e. The summed E-state index contributed by atoms with van der Waals surface area (Å²) in [7, 11) is 1.71. The molecule has 0 saturated carbocycles. The number of piperidine rings is 1. The molecular weight excluding hydrogens is 362 g/mol. The molecule has 152 valence electrons. The molecule has 0 unspecified atom stereocenters. The lowest BCUT2D eigenvalue weighted by Crippen LogP contribution is -2.54. The smallest absolute Gasteiger partial charge is 0.209 e. The van der Waals surface area contributed by atoms with Gasteiger partial charge in [-0.05, 0) is 36.5 Å². The van der Waals surface area contributed by atoms with Crippen molar-refractivity contribution in [3.63, 3.8) is 0 Å². The molecule has 1 fully saturated rings. The van der Waals surface area contributed by atoms with E-state index in [1.165, 1.54) is 18.4 Å². The number of methoxy groups -OCH3 is 1.